The highest BCUT2D eigenvalue weighted by Gasteiger charge is 2.14. The van der Waals surface area contributed by atoms with Crippen LogP contribution in [0.15, 0.2) is 24.3 Å². The zero-order valence-electron chi connectivity index (χ0n) is 9.65. The lowest BCUT2D eigenvalue weighted by Crippen LogP contribution is -2.29. The van der Waals surface area contributed by atoms with Gasteiger partial charge in [0.15, 0.2) is 0 Å². The van der Waals surface area contributed by atoms with Crippen LogP contribution in [0.25, 0.3) is 10.6 Å². The van der Waals surface area contributed by atoms with E-state index in [-0.39, 0.29) is 5.91 Å². The minimum Gasteiger partial charge on any atom is -0.289 e. The average molecular weight is 247 g/mol. The van der Waals surface area contributed by atoms with Gasteiger partial charge in [-0.05, 0) is 13.8 Å². The molecule has 0 unspecified atom stereocenters. The number of carbonyl (C=O) groups is 1. The SMILES string of the molecule is Cc1ccc(-c2nc(C)c(C(=O)NN)s2)cc1. The van der Waals surface area contributed by atoms with Crippen molar-refractivity contribution in [2.24, 2.45) is 5.84 Å². The first-order valence-corrected chi connectivity index (χ1v) is 5.99. The molecule has 2 aromatic rings. The zero-order chi connectivity index (χ0) is 12.4. The normalized spacial score (nSPS) is 10.3. The smallest absolute Gasteiger partial charge is 0.277 e. The van der Waals surface area contributed by atoms with Crippen LogP contribution in [0, 0.1) is 13.8 Å². The third-order valence-corrected chi connectivity index (χ3v) is 3.64. The number of nitrogens with one attached hydrogen (secondary N) is 1. The Morgan fingerprint density at radius 1 is 1.29 bits per heavy atom. The molecule has 0 aliphatic rings. The molecule has 1 heterocycles. The van der Waals surface area contributed by atoms with Gasteiger partial charge in [0.2, 0.25) is 0 Å². The Kier molecular flexibility index (Phi) is 3.21. The molecule has 5 heteroatoms. The molecule has 0 atom stereocenters. The highest BCUT2D eigenvalue weighted by Crippen LogP contribution is 2.27. The largest absolute Gasteiger partial charge is 0.289 e. The second-order valence-electron chi connectivity index (χ2n) is 3.77. The summed E-state index contributed by atoms with van der Waals surface area (Å²) in [6.45, 7) is 3.84. The Morgan fingerprint density at radius 2 is 1.94 bits per heavy atom. The molecule has 1 aromatic carbocycles. The maximum Gasteiger partial charge on any atom is 0.277 e. The number of aromatic nitrogens is 1. The number of thiazole rings is 1. The highest BCUT2D eigenvalue weighted by atomic mass is 32.1. The van der Waals surface area contributed by atoms with Crippen molar-refractivity contribution in [3.05, 3.63) is 40.4 Å². The summed E-state index contributed by atoms with van der Waals surface area (Å²) in [6.07, 6.45) is 0. The van der Waals surface area contributed by atoms with Crippen molar-refractivity contribution < 1.29 is 4.79 Å². The van der Waals surface area contributed by atoms with Crippen LogP contribution in [0.4, 0.5) is 0 Å². The lowest BCUT2D eigenvalue weighted by molar-refractivity contribution is 0.0957. The second kappa shape index (κ2) is 4.65. The lowest BCUT2D eigenvalue weighted by atomic mass is 10.2. The summed E-state index contributed by atoms with van der Waals surface area (Å²) < 4.78 is 0. The standard InChI is InChI=1S/C12H13N3OS/c1-7-3-5-9(6-4-7)12-14-8(2)10(17-12)11(16)15-13/h3-6H,13H2,1-2H3,(H,15,16). The van der Waals surface area contributed by atoms with Crippen molar-refractivity contribution in [1.29, 1.82) is 0 Å². The van der Waals surface area contributed by atoms with E-state index < -0.39 is 0 Å². The average Bonchev–Trinajstić information content (AvgIpc) is 2.71. The fourth-order valence-corrected chi connectivity index (χ4v) is 2.47. The first-order valence-electron chi connectivity index (χ1n) is 5.17. The topological polar surface area (TPSA) is 68.0 Å². The number of benzene rings is 1. The van der Waals surface area contributed by atoms with Gasteiger partial charge in [0.05, 0.1) is 5.69 Å². The molecular weight excluding hydrogens is 234 g/mol. The van der Waals surface area contributed by atoms with Gasteiger partial charge in [0, 0.05) is 5.56 Å². The molecule has 0 spiro atoms. The Hall–Kier alpha value is -1.72. The van der Waals surface area contributed by atoms with Gasteiger partial charge in [0.25, 0.3) is 5.91 Å². The van der Waals surface area contributed by atoms with Crippen molar-refractivity contribution >= 4 is 17.2 Å². The van der Waals surface area contributed by atoms with Crippen LogP contribution >= 0.6 is 11.3 Å². The molecule has 1 amide bonds. The number of aryl methyl sites for hydroxylation is 2. The molecule has 3 N–H and O–H groups in total. The third-order valence-electron chi connectivity index (χ3n) is 2.43. The molecule has 17 heavy (non-hydrogen) atoms. The van der Waals surface area contributed by atoms with Crippen molar-refractivity contribution in [3.8, 4) is 10.6 Å². The van der Waals surface area contributed by atoms with E-state index in [4.69, 9.17) is 5.84 Å². The Balaban J connectivity index is 2.41. The van der Waals surface area contributed by atoms with Gasteiger partial charge in [0.1, 0.15) is 9.88 Å². The summed E-state index contributed by atoms with van der Waals surface area (Å²) >= 11 is 1.35. The number of nitrogens with two attached hydrogens (primary N) is 1. The monoisotopic (exact) mass is 247 g/mol. The van der Waals surface area contributed by atoms with Gasteiger partial charge in [-0.25, -0.2) is 10.8 Å². The summed E-state index contributed by atoms with van der Waals surface area (Å²) in [4.78, 5) is 16.4. The fraction of sp³-hybridized carbons (Fsp3) is 0.167. The summed E-state index contributed by atoms with van der Waals surface area (Å²) in [7, 11) is 0. The second-order valence-corrected chi connectivity index (χ2v) is 4.77. The van der Waals surface area contributed by atoms with E-state index in [0.717, 1.165) is 10.6 Å². The number of hydrazine groups is 1. The molecule has 4 nitrogen and oxygen atoms in total. The number of carbonyl (C=O) groups excluding carboxylic acids is 1. The van der Waals surface area contributed by atoms with Gasteiger partial charge in [-0.15, -0.1) is 11.3 Å². The van der Waals surface area contributed by atoms with Crippen molar-refractivity contribution in [2.45, 2.75) is 13.8 Å². The molecule has 0 saturated carbocycles. The van der Waals surface area contributed by atoms with Crippen LogP contribution in [-0.4, -0.2) is 10.9 Å². The minimum atomic E-state index is -0.293. The molecule has 0 saturated heterocycles. The Labute approximate surface area is 103 Å². The maximum absolute atomic E-state index is 11.5. The predicted octanol–water partition coefficient (Wildman–Crippen LogP) is 2.03. The lowest BCUT2D eigenvalue weighted by Gasteiger charge is -1.96. The van der Waals surface area contributed by atoms with Gasteiger partial charge >= 0.3 is 0 Å². The van der Waals surface area contributed by atoms with Gasteiger partial charge in [-0.1, -0.05) is 29.8 Å². The van der Waals surface area contributed by atoms with Crippen LogP contribution in [0.3, 0.4) is 0 Å². The molecule has 0 radical (unpaired) electrons. The number of nitrogens with zero attached hydrogens (tertiary/aromatic N) is 1. The summed E-state index contributed by atoms with van der Waals surface area (Å²) in [5.74, 6) is 4.83. The quantitative estimate of drug-likeness (QED) is 0.484. The van der Waals surface area contributed by atoms with Crippen LogP contribution in [0.5, 0.6) is 0 Å². The molecule has 0 aliphatic carbocycles. The van der Waals surface area contributed by atoms with Crippen molar-refractivity contribution in [1.82, 2.24) is 10.4 Å². The summed E-state index contributed by atoms with van der Waals surface area (Å²) in [5.41, 5.74) is 5.04. The van der Waals surface area contributed by atoms with E-state index >= 15 is 0 Å². The number of nitrogen functional groups attached to an aromatic ring is 1. The summed E-state index contributed by atoms with van der Waals surface area (Å²) in [6, 6.07) is 8.04. The zero-order valence-corrected chi connectivity index (χ0v) is 10.5. The number of amides is 1. The van der Waals surface area contributed by atoms with Crippen LogP contribution in [-0.2, 0) is 0 Å². The van der Waals surface area contributed by atoms with Crippen molar-refractivity contribution in [3.63, 3.8) is 0 Å². The van der Waals surface area contributed by atoms with Gasteiger partial charge in [-0.2, -0.15) is 0 Å². The van der Waals surface area contributed by atoms with Crippen LogP contribution in [0.1, 0.15) is 20.9 Å². The third kappa shape index (κ3) is 2.35. The first-order chi connectivity index (χ1) is 8.11. The van der Waals surface area contributed by atoms with E-state index in [9.17, 15) is 4.79 Å². The summed E-state index contributed by atoms with van der Waals surface area (Å²) in [5, 5.41) is 0.834. The molecule has 1 aromatic heterocycles. The molecular formula is C12H13N3OS. The minimum absolute atomic E-state index is 0.293. The molecule has 0 bridgehead atoms. The molecule has 88 valence electrons. The molecule has 0 aliphatic heterocycles. The van der Waals surface area contributed by atoms with Gasteiger partial charge in [-0.3, -0.25) is 10.2 Å². The van der Waals surface area contributed by atoms with Gasteiger partial charge < -0.3 is 0 Å². The van der Waals surface area contributed by atoms with Crippen molar-refractivity contribution in [2.75, 3.05) is 0 Å². The van der Waals surface area contributed by atoms with Crippen LogP contribution < -0.4 is 11.3 Å². The Morgan fingerprint density at radius 3 is 2.53 bits per heavy atom. The number of rotatable bonds is 2. The molecule has 2 rings (SSSR count). The predicted molar refractivity (Wildman–Crippen MR) is 68.7 cm³/mol. The molecule has 0 fully saturated rings. The number of hydrogen-bond donors (Lipinski definition) is 2. The van der Waals surface area contributed by atoms with E-state index in [0.29, 0.717) is 10.6 Å². The highest BCUT2D eigenvalue weighted by molar-refractivity contribution is 7.17. The Bertz CT molecular complexity index is 545. The van der Waals surface area contributed by atoms with E-state index in [1.54, 1.807) is 6.92 Å². The maximum atomic E-state index is 11.5. The van der Waals surface area contributed by atoms with E-state index in [2.05, 4.69) is 10.4 Å². The fourth-order valence-electron chi connectivity index (χ4n) is 1.49. The van der Waals surface area contributed by atoms with Crippen LogP contribution in [0.2, 0.25) is 0 Å². The number of hydrogen-bond acceptors (Lipinski definition) is 4. The van der Waals surface area contributed by atoms with E-state index in [1.807, 2.05) is 31.2 Å². The first kappa shape index (κ1) is 11.8. The van der Waals surface area contributed by atoms with E-state index in [1.165, 1.54) is 16.9 Å².